The van der Waals surface area contributed by atoms with Crippen molar-refractivity contribution in [3.05, 3.63) is 15.6 Å². The maximum atomic E-state index is 12.4. The van der Waals surface area contributed by atoms with Crippen LogP contribution in [-0.2, 0) is 11.2 Å². The van der Waals surface area contributed by atoms with Gasteiger partial charge in [-0.3, -0.25) is 4.79 Å². The average molecular weight is 336 g/mol. The van der Waals surface area contributed by atoms with Gasteiger partial charge in [0.1, 0.15) is 6.04 Å². The molecule has 3 rings (SSSR count). The van der Waals surface area contributed by atoms with Crippen LogP contribution in [0.3, 0.4) is 0 Å². The summed E-state index contributed by atoms with van der Waals surface area (Å²) in [5.41, 5.74) is 1.05. The van der Waals surface area contributed by atoms with Crippen molar-refractivity contribution in [2.45, 2.75) is 58.0 Å². The maximum absolute atomic E-state index is 12.4. The number of hydrogen-bond acceptors (Lipinski definition) is 4. The van der Waals surface area contributed by atoms with Gasteiger partial charge in [0, 0.05) is 30.4 Å². The molecule has 1 aliphatic heterocycles. The average Bonchev–Trinajstić information content (AvgIpc) is 3.07. The van der Waals surface area contributed by atoms with Crippen molar-refractivity contribution < 1.29 is 9.59 Å². The molecule has 23 heavy (non-hydrogen) atoms. The highest BCUT2D eigenvalue weighted by atomic mass is 32.1. The predicted molar refractivity (Wildman–Crippen MR) is 89.6 cm³/mol. The second-order valence-corrected chi connectivity index (χ2v) is 7.65. The van der Waals surface area contributed by atoms with Crippen LogP contribution in [0.2, 0.25) is 0 Å². The Morgan fingerprint density at radius 1 is 1.30 bits per heavy atom. The van der Waals surface area contributed by atoms with E-state index in [1.807, 2.05) is 13.8 Å². The summed E-state index contributed by atoms with van der Waals surface area (Å²) >= 11 is 1.68. The van der Waals surface area contributed by atoms with Crippen LogP contribution >= 0.6 is 11.3 Å². The molecule has 2 fully saturated rings. The van der Waals surface area contributed by atoms with Crippen molar-refractivity contribution in [1.29, 1.82) is 0 Å². The number of hydrogen-bond donors (Lipinski definition) is 2. The lowest BCUT2D eigenvalue weighted by Crippen LogP contribution is -2.50. The number of aryl methyl sites for hydroxylation is 2. The number of thiazole rings is 1. The molecule has 2 aliphatic rings. The van der Waals surface area contributed by atoms with E-state index in [9.17, 15) is 9.59 Å². The van der Waals surface area contributed by atoms with Crippen LogP contribution in [0.4, 0.5) is 4.79 Å². The molecule has 0 spiro atoms. The minimum absolute atomic E-state index is 0.00840. The Kier molecular flexibility index (Phi) is 4.84. The fraction of sp³-hybridized carbons (Fsp3) is 0.688. The third-order valence-corrected chi connectivity index (χ3v) is 5.50. The Labute approximate surface area is 140 Å². The van der Waals surface area contributed by atoms with E-state index in [0.717, 1.165) is 42.8 Å². The lowest BCUT2D eigenvalue weighted by Gasteiger charge is -2.24. The molecule has 1 aromatic heterocycles. The van der Waals surface area contributed by atoms with E-state index in [1.165, 1.54) is 4.88 Å². The molecule has 3 amide bonds. The summed E-state index contributed by atoms with van der Waals surface area (Å²) in [6, 6.07) is -0.0918. The van der Waals surface area contributed by atoms with Crippen LogP contribution in [0.25, 0.3) is 0 Å². The molecule has 1 saturated carbocycles. The number of nitrogens with zero attached hydrogens (tertiary/aromatic N) is 2. The number of carbonyl (C=O) groups excluding carboxylic acids is 2. The van der Waals surface area contributed by atoms with E-state index in [2.05, 4.69) is 15.6 Å². The summed E-state index contributed by atoms with van der Waals surface area (Å²) in [6.45, 7) is 5.23. The zero-order valence-electron chi connectivity index (χ0n) is 13.7. The molecule has 126 valence electrons. The summed E-state index contributed by atoms with van der Waals surface area (Å²) < 4.78 is 0. The standard InChI is InChI=1S/C16H24N4O2S/c1-10-14(23-11(2)18-10)7-8-17-16(22)20-9-3-4-13(20)15(21)19-12-5-6-12/h12-13H,3-9H2,1-2H3,(H,17,22)(H,19,21)/t13-/m1/s1. The normalized spacial score (nSPS) is 20.6. The van der Waals surface area contributed by atoms with Crippen LogP contribution in [0, 0.1) is 13.8 Å². The highest BCUT2D eigenvalue weighted by Crippen LogP contribution is 2.22. The number of nitrogens with one attached hydrogen (secondary N) is 2. The largest absolute Gasteiger partial charge is 0.352 e. The first-order valence-corrected chi connectivity index (χ1v) is 9.14. The number of amides is 3. The third kappa shape index (κ3) is 4.02. The first-order valence-electron chi connectivity index (χ1n) is 8.32. The van der Waals surface area contributed by atoms with Crippen LogP contribution < -0.4 is 10.6 Å². The molecule has 7 heteroatoms. The monoisotopic (exact) mass is 336 g/mol. The molecular formula is C16H24N4O2S. The maximum Gasteiger partial charge on any atom is 0.318 e. The van der Waals surface area contributed by atoms with Crippen LogP contribution in [0.1, 0.15) is 41.3 Å². The minimum Gasteiger partial charge on any atom is -0.352 e. The van der Waals surface area contributed by atoms with Gasteiger partial charge in [0.2, 0.25) is 5.91 Å². The molecule has 0 radical (unpaired) electrons. The molecule has 1 aromatic rings. The summed E-state index contributed by atoms with van der Waals surface area (Å²) in [5.74, 6) is 0.00840. The van der Waals surface area contributed by atoms with Crippen LogP contribution in [0.15, 0.2) is 0 Å². The topological polar surface area (TPSA) is 74.3 Å². The Morgan fingerprint density at radius 2 is 2.09 bits per heavy atom. The van der Waals surface area contributed by atoms with Crippen molar-refractivity contribution in [3.8, 4) is 0 Å². The third-order valence-electron chi connectivity index (χ3n) is 4.37. The quantitative estimate of drug-likeness (QED) is 0.860. The summed E-state index contributed by atoms with van der Waals surface area (Å²) in [6.07, 6.45) is 4.58. The van der Waals surface area contributed by atoms with Crippen molar-refractivity contribution in [2.75, 3.05) is 13.1 Å². The lowest BCUT2D eigenvalue weighted by atomic mass is 10.2. The highest BCUT2D eigenvalue weighted by molar-refractivity contribution is 7.11. The van der Waals surface area contributed by atoms with Gasteiger partial charge >= 0.3 is 6.03 Å². The van der Waals surface area contributed by atoms with Crippen LogP contribution in [-0.4, -0.2) is 47.0 Å². The van der Waals surface area contributed by atoms with Gasteiger partial charge in [0.25, 0.3) is 0 Å². The molecule has 1 saturated heterocycles. The van der Waals surface area contributed by atoms with E-state index < -0.39 is 0 Å². The van der Waals surface area contributed by atoms with Gasteiger partial charge in [-0.15, -0.1) is 11.3 Å². The van der Waals surface area contributed by atoms with Crippen molar-refractivity contribution in [1.82, 2.24) is 20.5 Å². The first kappa shape index (κ1) is 16.2. The molecule has 0 aromatic carbocycles. The molecule has 1 aliphatic carbocycles. The number of carbonyl (C=O) groups is 2. The van der Waals surface area contributed by atoms with E-state index in [4.69, 9.17) is 0 Å². The van der Waals surface area contributed by atoms with E-state index in [1.54, 1.807) is 16.2 Å². The van der Waals surface area contributed by atoms with Gasteiger partial charge in [-0.05, 0) is 39.5 Å². The molecular weight excluding hydrogens is 312 g/mol. The fourth-order valence-electron chi connectivity index (χ4n) is 3.00. The van der Waals surface area contributed by atoms with Crippen LogP contribution in [0.5, 0.6) is 0 Å². The molecule has 0 bridgehead atoms. The number of likely N-dealkylation sites (tertiary alicyclic amines) is 1. The Bertz CT molecular complexity index is 597. The number of urea groups is 1. The molecule has 0 unspecified atom stereocenters. The fourth-order valence-corrected chi connectivity index (χ4v) is 3.93. The summed E-state index contributed by atoms with van der Waals surface area (Å²) in [4.78, 5) is 31.9. The van der Waals surface area contributed by atoms with Crippen molar-refractivity contribution >= 4 is 23.3 Å². The summed E-state index contributed by atoms with van der Waals surface area (Å²) in [5, 5.41) is 7.01. The van der Waals surface area contributed by atoms with Gasteiger partial charge in [0.05, 0.1) is 10.7 Å². The van der Waals surface area contributed by atoms with Crippen molar-refractivity contribution in [3.63, 3.8) is 0 Å². The second-order valence-electron chi connectivity index (χ2n) is 6.36. The van der Waals surface area contributed by atoms with Gasteiger partial charge in [-0.2, -0.15) is 0 Å². The van der Waals surface area contributed by atoms with E-state index in [0.29, 0.717) is 19.1 Å². The minimum atomic E-state index is -0.303. The number of aromatic nitrogens is 1. The first-order chi connectivity index (χ1) is 11.0. The second kappa shape index (κ2) is 6.86. The Balaban J connectivity index is 1.48. The van der Waals surface area contributed by atoms with Crippen molar-refractivity contribution in [2.24, 2.45) is 0 Å². The summed E-state index contributed by atoms with van der Waals surface area (Å²) in [7, 11) is 0. The zero-order valence-corrected chi connectivity index (χ0v) is 14.5. The zero-order chi connectivity index (χ0) is 16.4. The Morgan fingerprint density at radius 3 is 2.74 bits per heavy atom. The smallest absolute Gasteiger partial charge is 0.318 e. The highest BCUT2D eigenvalue weighted by Gasteiger charge is 2.36. The van der Waals surface area contributed by atoms with Gasteiger partial charge in [-0.25, -0.2) is 9.78 Å². The molecule has 2 heterocycles. The van der Waals surface area contributed by atoms with E-state index in [-0.39, 0.29) is 18.0 Å². The molecule has 1 atom stereocenters. The van der Waals surface area contributed by atoms with Gasteiger partial charge < -0.3 is 15.5 Å². The number of rotatable bonds is 5. The van der Waals surface area contributed by atoms with E-state index >= 15 is 0 Å². The molecule has 6 nitrogen and oxygen atoms in total. The van der Waals surface area contributed by atoms with Gasteiger partial charge in [-0.1, -0.05) is 0 Å². The van der Waals surface area contributed by atoms with Gasteiger partial charge in [0.15, 0.2) is 0 Å². The Hall–Kier alpha value is -1.63. The lowest BCUT2D eigenvalue weighted by molar-refractivity contribution is -0.124. The predicted octanol–water partition coefficient (Wildman–Crippen LogP) is 1.76. The SMILES string of the molecule is Cc1nc(C)c(CCNC(=O)N2CCC[C@@H]2C(=O)NC2CC2)s1. The molecule has 2 N–H and O–H groups in total.